The Balaban J connectivity index is 1.96. The lowest BCUT2D eigenvalue weighted by molar-refractivity contribution is 0.0420. The minimum Gasteiger partial charge on any atom is -0.393 e. The molecule has 0 heterocycles. The van der Waals surface area contributed by atoms with Gasteiger partial charge in [-0.15, -0.1) is 0 Å². The van der Waals surface area contributed by atoms with E-state index in [2.05, 4.69) is 19.2 Å². The molecule has 0 aromatic carbocycles. The molecule has 66 valence electrons. The number of aliphatic hydroxyl groups excluding tert-OH is 1. The summed E-state index contributed by atoms with van der Waals surface area (Å²) in [5.41, 5.74) is 0. The summed E-state index contributed by atoms with van der Waals surface area (Å²) in [4.78, 5) is 0. The highest BCUT2D eigenvalue weighted by Crippen LogP contribution is 2.26. The molecule has 0 saturated heterocycles. The van der Waals surface area contributed by atoms with Gasteiger partial charge in [0, 0.05) is 6.04 Å². The molecule has 1 aliphatic carbocycles. The second-order valence-electron chi connectivity index (χ2n) is 3.71. The molecule has 2 heteroatoms. The Hall–Kier alpha value is -0.0800. The van der Waals surface area contributed by atoms with Gasteiger partial charge in [-0.05, 0) is 38.6 Å². The van der Waals surface area contributed by atoms with E-state index in [9.17, 15) is 0 Å². The third-order valence-corrected chi connectivity index (χ3v) is 2.58. The average Bonchev–Trinajstić information content (AvgIpc) is 1.95. The van der Waals surface area contributed by atoms with Crippen molar-refractivity contribution in [3.05, 3.63) is 0 Å². The summed E-state index contributed by atoms with van der Waals surface area (Å²) in [5.74, 6) is 0.735. The van der Waals surface area contributed by atoms with E-state index in [1.165, 1.54) is 6.42 Å². The van der Waals surface area contributed by atoms with Crippen LogP contribution >= 0.6 is 0 Å². The fraction of sp³-hybridized carbons (Fsp3) is 1.00. The molecule has 1 unspecified atom stereocenters. The average molecular weight is 157 g/mol. The van der Waals surface area contributed by atoms with Gasteiger partial charge in [-0.1, -0.05) is 6.92 Å². The van der Waals surface area contributed by atoms with Crippen molar-refractivity contribution in [3.8, 4) is 0 Å². The quantitative estimate of drug-likeness (QED) is 0.641. The molecule has 0 spiro atoms. The van der Waals surface area contributed by atoms with Gasteiger partial charge in [-0.2, -0.15) is 0 Å². The standard InChI is InChI=1S/C9H19NO/c1-3-7(2)10-6-8-4-9(11)5-8/h7-11H,3-6H2,1-2H3. The van der Waals surface area contributed by atoms with Crippen LogP contribution in [0.15, 0.2) is 0 Å². The van der Waals surface area contributed by atoms with Gasteiger partial charge in [0.1, 0.15) is 0 Å². The van der Waals surface area contributed by atoms with Gasteiger partial charge in [0.15, 0.2) is 0 Å². The predicted molar refractivity (Wildman–Crippen MR) is 46.5 cm³/mol. The van der Waals surface area contributed by atoms with Crippen molar-refractivity contribution < 1.29 is 5.11 Å². The SMILES string of the molecule is CCC(C)NCC1CC(O)C1. The topological polar surface area (TPSA) is 32.3 Å². The summed E-state index contributed by atoms with van der Waals surface area (Å²) in [6.07, 6.45) is 3.20. The molecule has 0 bridgehead atoms. The molecule has 2 N–H and O–H groups in total. The van der Waals surface area contributed by atoms with Crippen LogP contribution in [0.4, 0.5) is 0 Å². The Morgan fingerprint density at radius 1 is 1.55 bits per heavy atom. The third-order valence-electron chi connectivity index (χ3n) is 2.58. The minimum absolute atomic E-state index is 0.00117. The summed E-state index contributed by atoms with van der Waals surface area (Å²) in [6, 6.07) is 0.632. The fourth-order valence-corrected chi connectivity index (χ4v) is 1.38. The van der Waals surface area contributed by atoms with Gasteiger partial charge in [-0.25, -0.2) is 0 Å². The molecule has 0 aliphatic heterocycles. The van der Waals surface area contributed by atoms with Crippen molar-refractivity contribution in [2.75, 3.05) is 6.54 Å². The molecule has 0 aromatic rings. The first-order chi connectivity index (χ1) is 5.22. The smallest absolute Gasteiger partial charge is 0.0546 e. The maximum atomic E-state index is 9.01. The molecule has 0 amide bonds. The number of hydrogen-bond acceptors (Lipinski definition) is 2. The van der Waals surface area contributed by atoms with E-state index in [0.717, 1.165) is 25.3 Å². The first kappa shape index (κ1) is 9.01. The molecular formula is C9H19NO. The summed E-state index contributed by atoms with van der Waals surface area (Å²) >= 11 is 0. The maximum absolute atomic E-state index is 9.01. The fourth-order valence-electron chi connectivity index (χ4n) is 1.38. The van der Waals surface area contributed by atoms with Crippen LogP contribution in [0.5, 0.6) is 0 Å². The lowest BCUT2D eigenvalue weighted by atomic mass is 9.82. The van der Waals surface area contributed by atoms with Crippen LogP contribution in [0.3, 0.4) is 0 Å². The lowest BCUT2D eigenvalue weighted by Gasteiger charge is -2.32. The second-order valence-corrected chi connectivity index (χ2v) is 3.71. The molecule has 1 saturated carbocycles. The van der Waals surface area contributed by atoms with Crippen molar-refractivity contribution >= 4 is 0 Å². The largest absolute Gasteiger partial charge is 0.393 e. The number of nitrogens with one attached hydrogen (secondary N) is 1. The zero-order valence-electron chi connectivity index (χ0n) is 7.51. The Kier molecular flexibility index (Phi) is 3.34. The van der Waals surface area contributed by atoms with E-state index < -0.39 is 0 Å². The van der Waals surface area contributed by atoms with E-state index in [0.29, 0.717) is 6.04 Å². The summed E-state index contributed by atoms with van der Waals surface area (Å²) in [7, 11) is 0. The molecule has 11 heavy (non-hydrogen) atoms. The second kappa shape index (κ2) is 4.07. The van der Waals surface area contributed by atoms with Gasteiger partial charge in [-0.3, -0.25) is 0 Å². The van der Waals surface area contributed by atoms with E-state index in [1.807, 2.05) is 0 Å². The third kappa shape index (κ3) is 2.80. The summed E-state index contributed by atoms with van der Waals surface area (Å²) < 4.78 is 0. The molecule has 1 fully saturated rings. The predicted octanol–water partition coefficient (Wildman–Crippen LogP) is 1.15. The Morgan fingerprint density at radius 2 is 2.18 bits per heavy atom. The summed E-state index contributed by atoms with van der Waals surface area (Å²) in [6.45, 7) is 5.48. The van der Waals surface area contributed by atoms with Crippen LogP contribution in [0.25, 0.3) is 0 Å². The Morgan fingerprint density at radius 3 is 2.64 bits per heavy atom. The monoisotopic (exact) mass is 157 g/mol. The minimum atomic E-state index is -0.00117. The van der Waals surface area contributed by atoms with Crippen molar-refractivity contribution in [2.24, 2.45) is 5.92 Å². The zero-order valence-corrected chi connectivity index (χ0v) is 7.51. The zero-order chi connectivity index (χ0) is 8.27. The molecule has 0 aromatic heterocycles. The van der Waals surface area contributed by atoms with Crippen LogP contribution in [0, 0.1) is 5.92 Å². The van der Waals surface area contributed by atoms with E-state index >= 15 is 0 Å². The number of rotatable bonds is 4. The van der Waals surface area contributed by atoms with Crippen molar-refractivity contribution in [1.29, 1.82) is 0 Å². The van der Waals surface area contributed by atoms with E-state index in [1.54, 1.807) is 0 Å². The van der Waals surface area contributed by atoms with Crippen LogP contribution in [-0.4, -0.2) is 23.8 Å². The normalized spacial score (nSPS) is 33.0. The first-order valence-electron chi connectivity index (χ1n) is 4.63. The van der Waals surface area contributed by atoms with Gasteiger partial charge in [0.25, 0.3) is 0 Å². The number of hydrogen-bond donors (Lipinski definition) is 2. The van der Waals surface area contributed by atoms with Crippen molar-refractivity contribution in [3.63, 3.8) is 0 Å². The Labute approximate surface area is 69.0 Å². The van der Waals surface area contributed by atoms with Gasteiger partial charge >= 0.3 is 0 Å². The highest BCUT2D eigenvalue weighted by Gasteiger charge is 2.26. The van der Waals surface area contributed by atoms with Crippen LogP contribution in [-0.2, 0) is 0 Å². The van der Waals surface area contributed by atoms with Gasteiger partial charge in [0.2, 0.25) is 0 Å². The van der Waals surface area contributed by atoms with Crippen LogP contribution in [0.1, 0.15) is 33.1 Å². The summed E-state index contributed by atoms with van der Waals surface area (Å²) in [5, 5.41) is 12.5. The maximum Gasteiger partial charge on any atom is 0.0546 e. The van der Waals surface area contributed by atoms with E-state index in [-0.39, 0.29) is 6.10 Å². The van der Waals surface area contributed by atoms with Gasteiger partial charge in [0.05, 0.1) is 6.10 Å². The number of aliphatic hydroxyl groups is 1. The highest BCUT2D eigenvalue weighted by molar-refractivity contribution is 4.80. The molecule has 1 atom stereocenters. The van der Waals surface area contributed by atoms with Crippen molar-refractivity contribution in [2.45, 2.75) is 45.3 Å². The van der Waals surface area contributed by atoms with Crippen LogP contribution in [0.2, 0.25) is 0 Å². The van der Waals surface area contributed by atoms with Gasteiger partial charge < -0.3 is 10.4 Å². The molecule has 0 radical (unpaired) electrons. The highest BCUT2D eigenvalue weighted by atomic mass is 16.3. The molecular weight excluding hydrogens is 138 g/mol. The molecule has 1 aliphatic rings. The van der Waals surface area contributed by atoms with Crippen molar-refractivity contribution in [1.82, 2.24) is 5.32 Å². The lowest BCUT2D eigenvalue weighted by Crippen LogP contribution is -2.39. The Bertz CT molecular complexity index is 110. The van der Waals surface area contributed by atoms with Crippen LogP contribution < -0.4 is 5.32 Å². The first-order valence-corrected chi connectivity index (χ1v) is 4.63. The van der Waals surface area contributed by atoms with E-state index in [4.69, 9.17) is 5.11 Å². The molecule has 2 nitrogen and oxygen atoms in total. The molecule has 1 rings (SSSR count).